The molecule has 5 heteroatoms. The van der Waals surface area contributed by atoms with Crippen LogP contribution < -0.4 is 5.56 Å². The van der Waals surface area contributed by atoms with Crippen LogP contribution >= 0.6 is 11.3 Å². The summed E-state index contributed by atoms with van der Waals surface area (Å²) in [5, 5.41) is 0.636. The Morgan fingerprint density at radius 2 is 1.97 bits per heavy atom. The molecule has 5 rings (SSSR count). The third-order valence-electron chi connectivity index (χ3n) is 5.70. The first kappa shape index (κ1) is 18.8. The predicted molar refractivity (Wildman–Crippen MR) is 122 cm³/mol. The van der Waals surface area contributed by atoms with Crippen LogP contribution in [0, 0.1) is 12.3 Å². The van der Waals surface area contributed by atoms with E-state index in [1.165, 1.54) is 11.1 Å². The molecule has 2 heterocycles. The fourth-order valence-electron chi connectivity index (χ4n) is 4.30. The molecule has 1 atom stereocenters. The summed E-state index contributed by atoms with van der Waals surface area (Å²) in [5.74, 6) is 3.44. The first-order chi connectivity index (χ1) is 14.7. The monoisotopic (exact) mass is 411 g/mol. The minimum absolute atomic E-state index is 0.0964. The maximum atomic E-state index is 12.8. The van der Waals surface area contributed by atoms with E-state index in [4.69, 9.17) is 11.4 Å². The molecule has 0 radical (unpaired) electrons. The first-order valence-electron chi connectivity index (χ1n) is 10.1. The second-order valence-electron chi connectivity index (χ2n) is 7.57. The van der Waals surface area contributed by atoms with E-state index in [1.54, 1.807) is 11.3 Å². The molecule has 2 aromatic heterocycles. The van der Waals surface area contributed by atoms with Gasteiger partial charge in [0.2, 0.25) is 0 Å². The largest absolute Gasteiger partial charge is 0.309 e. The van der Waals surface area contributed by atoms with Gasteiger partial charge in [-0.1, -0.05) is 60.5 Å². The van der Waals surface area contributed by atoms with Gasteiger partial charge in [0.25, 0.3) is 5.56 Å². The number of aromatic amines is 1. The molecule has 0 fully saturated rings. The van der Waals surface area contributed by atoms with E-state index in [9.17, 15) is 4.79 Å². The number of rotatable bonds is 5. The van der Waals surface area contributed by atoms with E-state index in [0.717, 1.165) is 28.1 Å². The molecular weight excluding hydrogens is 390 g/mol. The summed E-state index contributed by atoms with van der Waals surface area (Å²) in [6.07, 6.45) is 7.76. The normalized spacial score (nSPS) is 15.4. The fourth-order valence-corrected chi connectivity index (χ4v) is 5.35. The minimum Gasteiger partial charge on any atom is -0.309 e. The van der Waals surface area contributed by atoms with Gasteiger partial charge in [0.15, 0.2) is 0 Å². The van der Waals surface area contributed by atoms with Crippen LogP contribution in [0.1, 0.15) is 29.4 Å². The Bertz CT molecular complexity index is 1300. The van der Waals surface area contributed by atoms with Crippen molar-refractivity contribution in [3.63, 3.8) is 0 Å². The van der Waals surface area contributed by atoms with Crippen molar-refractivity contribution in [2.75, 3.05) is 6.54 Å². The molecule has 0 saturated heterocycles. The molecule has 2 aromatic carbocycles. The number of nitrogens with zero attached hydrogens (tertiary/aromatic N) is 2. The maximum Gasteiger partial charge on any atom is 0.259 e. The second kappa shape index (κ2) is 7.91. The van der Waals surface area contributed by atoms with E-state index < -0.39 is 0 Å². The van der Waals surface area contributed by atoms with Gasteiger partial charge in [-0.15, -0.1) is 17.8 Å². The molecule has 1 unspecified atom stereocenters. The summed E-state index contributed by atoms with van der Waals surface area (Å²) in [5.41, 5.74) is 3.71. The summed E-state index contributed by atoms with van der Waals surface area (Å²) >= 11 is 1.55. The molecule has 148 valence electrons. The van der Waals surface area contributed by atoms with Crippen molar-refractivity contribution in [2.24, 2.45) is 0 Å². The highest BCUT2D eigenvalue weighted by Crippen LogP contribution is 2.36. The van der Waals surface area contributed by atoms with Crippen molar-refractivity contribution in [1.29, 1.82) is 0 Å². The molecule has 0 amide bonds. The third-order valence-corrected chi connectivity index (χ3v) is 6.78. The average molecular weight is 412 g/mol. The average Bonchev–Trinajstić information content (AvgIpc) is 3.39. The van der Waals surface area contributed by atoms with Crippen molar-refractivity contribution in [3.05, 3.63) is 88.0 Å². The Hall–Kier alpha value is -3.20. The zero-order chi connectivity index (χ0) is 20.5. The number of terminal acetylenes is 1. The van der Waals surface area contributed by atoms with E-state index in [-0.39, 0.29) is 11.6 Å². The van der Waals surface area contributed by atoms with E-state index in [2.05, 4.69) is 40.1 Å². The number of hydrogen-bond donors (Lipinski definition) is 1. The van der Waals surface area contributed by atoms with Crippen LogP contribution in [-0.4, -0.2) is 21.4 Å². The number of hydrogen-bond acceptors (Lipinski definition) is 4. The summed E-state index contributed by atoms with van der Waals surface area (Å²) in [7, 11) is 0. The number of H-pyrrole nitrogens is 1. The van der Waals surface area contributed by atoms with Gasteiger partial charge in [0, 0.05) is 10.9 Å². The molecule has 1 aliphatic carbocycles. The predicted octanol–water partition coefficient (Wildman–Crippen LogP) is 4.77. The van der Waals surface area contributed by atoms with Crippen molar-refractivity contribution >= 4 is 21.6 Å². The molecule has 0 saturated carbocycles. The molecular formula is C25H21N3OS. The summed E-state index contributed by atoms with van der Waals surface area (Å²) < 4.78 is 0. The van der Waals surface area contributed by atoms with Crippen LogP contribution in [0.5, 0.6) is 0 Å². The Balaban J connectivity index is 1.48. The fraction of sp³-hybridized carbons (Fsp3) is 0.200. The van der Waals surface area contributed by atoms with Crippen LogP contribution in [0.4, 0.5) is 0 Å². The molecule has 1 N–H and O–H groups in total. The molecule has 4 nitrogen and oxygen atoms in total. The van der Waals surface area contributed by atoms with E-state index in [1.807, 2.05) is 36.4 Å². The van der Waals surface area contributed by atoms with Crippen LogP contribution in [0.3, 0.4) is 0 Å². The summed E-state index contributed by atoms with van der Waals surface area (Å²) in [6.45, 7) is 1.04. The Labute approximate surface area is 179 Å². The number of aromatic nitrogens is 2. The zero-order valence-electron chi connectivity index (χ0n) is 16.5. The Kier molecular flexibility index (Phi) is 4.96. The lowest BCUT2D eigenvalue weighted by atomic mass is 10.1. The van der Waals surface area contributed by atoms with Crippen LogP contribution in [0.15, 0.2) is 65.5 Å². The molecule has 4 aromatic rings. The lowest BCUT2D eigenvalue weighted by Gasteiger charge is -2.27. The zero-order valence-corrected chi connectivity index (χ0v) is 17.3. The van der Waals surface area contributed by atoms with Crippen molar-refractivity contribution in [2.45, 2.75) is 25.4 Å². The van der Waals surface area contributed by atoms with Crippen LogP contribution in [0.25, 0.3) is 20.7 Å². The van der Waals surface area contributed by atoms with Crippen LogP contribution in [-0.2, 0) is 13.0 Å². The minimum atomic E-state index is -0.0964. The summed E-state index contributed by atoms with van der Waals surface area (Å²) in [4.78, 5) is 24.6. The van der Waals surface area contributed by atoms with Gasteiger partial charge in [0.1, 0.15) is 10.7 Å². The molecule has 0 spiro atoms. The number of thiophene rings is 1. The van der Waals surface area contributed by atoms with Gasteiger partial charge in [-0.25, -0.2) is 4.98 Å². The Morgan fingerprint density at radius 1 is 1.17 bits per heavy atom. The highest BCUT2D eigenvalue weighted by atomic mass is 32.1. The number of aryl methyl sites for hydroxylation is 1. The highest BCUT2D eigenvalue weighted by molar-refractivity contribution is 7.21. The van der Waals surface area contributed by atoms with Gasteiger partial charge in [-0.3, -0.25) is 9.69 Å². The van der Waals surface area contributed by atoms with Crippen molar-refractivity contribution in [1.82, 2.24) is 14.9 Å². The molecule has 0 bridgehead atoms. The number of nitrogens with one attached hydrogen (secondary N) is 1. The van der Waals surface area contributed by atoms with Gasteiger partial charge in [0.05, 0.1) is 18.5 Å². The lowest BCUT2D eigenvalue weighted by molar-refractivity contribution is 0.208. The first-order valence-corrected chi connectivity index (χ1v) is 10.9. The van der Waals surface area contributed by atoms with E-state index >= 15 is 0 Å². The number of fused-ring (bicyclic) bond motifs is 2. The molecule has 1 aliphatic rings. The Morgan fingerprint density at radius 3 is 2.80 bits per heavy atom. The summed E-state index contributed by atoms with van der Waals surface area (Å²) in [6, 6.07) is 20.8. The smallest absolute Gasteiger partial charge is 0.259 e. The highest BCUT2D eigenvalue weighted by Gasteiger charge is 2.28. The quantitative estimate of drug-likeness (QED) is 0.481. The SMILES string of the molecule is C#CCN(Cc1nc2sc(-c3ccccc3)cc2c(=O)[nH]1)C1CCc2ccccc21. The lowest BCUT2D eigenvalue weighted by Crippen LogP contribution is -2.29. The van der Waals surface area contributed by atoms with Gasteiger partial charge >= 0.3 is 0 Å². The number of benzene rings is 2. The second-order valence-corrected chi connectivity index (χ2v) is 8.60. The standard InChI is InChI=1S/C25H21N3OS/c1-2-14-28(21-13-12-17-8-6-7-11-19(17)21)16-23-26-24(29)20-15-22(30-25(20)27-23)18-9-4-3-5-10-18/h1,3-11,15,21H,12-14,16H2,(H,26,27,29). The van der Waals surface area contributed by atoms with Gasteiger partial charge in [-0.05, 0) is 35.6 Å². The van der Waals surface area contributed by atoms with E-state index in [0.29, 0.717) is 24.3 Å². The van der Waals surface area contributed by atoms with Gasteiger partial charge < -0.3 is 4.98 Å². The topological polar surface area (TPSA) is 49.0 Å². The van der Waals surface area contributed by atoms with Crippen LogP contribution in [0.2, 0.25) is 0 Å². The van der Waals surface area contributed by atoms with Gasteiger partial charge in [-0.2, -0.15) is 0 Å². The maximum absolute atomic E-state index is 12.8. The molecule has 30 heavy (non-hydrogen) atoms. The van der Waals surface area contributed by atoms with Crippen molar-refractivity contribution < 1.29 is 0 Å². The molecule has 0 aliphatic heterocycles. The van der Waals surface area contributed by atoms with Crippen molar-refractivity contribution in [3.8, 4) is 22.8 Å². The third kappa shape index (κ3) is 3.45.